The van der Waals surface area contributed by atoms with E-state index in [4.69, 9.17) is 14.2 Å². The molecular formula is C23H22FNO5S. The second-order valence-corrected chi connectivity index (χ2v) is 7.68. The zero-order valence-electron chi connectivity index (χ0n) is 17.4. The molecule has 0 aliphatic rings. The molecule has 6 nitrogen and oxygen atoms in total. The van der Waals surface area contributed by atoms with Crippen LogP contribution in [0.1, 0.15) is 22.2 Å². The Morgan fingerprint density at radius 2 is 1.68 bits per heavy atom. The number of aryl methyl sites for hydroxylation is 1. The van der Waals surface area contributed by atoms with E-state index < -0.39 is 11.9 Å². The molecule has 1 N–H and O–H groups in total. The Bertz CT molecular complexity index is 1080. The van der Waals surface area contributed by atoms with Crippen molar-refractivity contribution in [3.63, 3.8) is 0 Å². The molecule has 2 aromatic carbocycles. The van der Waals surface area contributed by atoms with Crippen LogP contribution in [0.25, 0.3) is 11.1 Å². The fourth-order valence-electron chi connectivity index (χ4n) is 3.04. The van der Waals surface area contributed by atoms with E-state index in [-0.39, 0.29) is 18.0 Å². The Kier molecular flexibility index (Phi) is 7.25. The molecule has 0 spiro atoms. The van der Waals surface area contributed by atoms with Crippen molar-refractivity contribution < 1.29 is 28.2 Å². The van der Waals surface area contributed by atoms with Crippen molar-refractivity contribution in [3.05, 3.63) is 64.8 Å². The summed E-state index contributed by atoms with van der Waals surface area (Å²) >= 11 is 1.24. The summed E-state index contributed by atoms with van der Waals surface area (Å²) in [6.07, 6.45) is 0. The van der Waals surface area contributed by atoms with Gasteiger partial charge in [0.15, 0.2) is 18.1 Å². The fraction of sp³-hybridized carbons (Fsp3) is 0.217. The lowest BCUT2D eigenvalue weighted by Crippen LogP contribution is -2.21. The summed E-state index contributed by atoms with van der Waals surface area (Å²) in [5, 5.41) is 3.07. The lowest BCUT2D eigenvalue weighted by atomic mass is 10.0. The van der Waals surface area contributed by atoms with Crippen LogP contribution in [0.15, 0.2) is 48.5 Å². The quantitative estimate of drug-likeness (QED) is 0.493. The first kappa shape index (κ1) is 22.3. The van der Waals surface area contributed by atoms with Crippen LogP contribution in [-0.2, 0) is 9.53 Å². The molecule has 0 saturated heterocycles. The molecule has 3 rings (SSSR count). The van der Waals surface area contributed by atoms with Gasteiger partial charge in [-0.05, 0) is 43.7 Å². The van der Waals surface area contributed by atoms with Gasteiger partial charge < -0.3 is 19.5 Å². The van der Waals surface area contributed by atoms with Crippen molar-refractivity contribution in [1.82, 2.24) is 0 Å². The summed E-state index contributed by atoms with van der Waals surface area (Å²) in [6, 6.07) is 12.8. The van der Waals surface area contributed by atoms with Crippen molar-refractivity contribution in [2.24, 2.45) is 0 Å². The highest BCUT2D eigenvalue weighted by molar-refractivity contribution is 7.17. The van der Waals surface area contributed by atoms with E-state index in [1.807, 2.05) is 19.9 Å². The minimum Gasteiger partial charge on any atom is -0.490 e. The molecule has 1 heterocycles. The highest BCUT2D eigenvalue weighted by atomic mass is 32.1. The Labute approximate surface area is 183 Å². The number of para-hydroxylation sites is 2. The summed E-state index contributed by atoms with van der Waals surface area (Å²) in [5.74, 6) is -0.431. The Morgan fingerprint density at radius 1 is 1.03 bits per heavy atom. The predicted molar refractivity (Wildman–Crippen MR) is 118 cm³/mol. The number of benzene rings is 2. The Balaban J connectivity index is 1.83. The molecule has 0 aliphatic heterocycles. The third-order valence-corrected chi connectivity index (χ3v) is 5.39. The number of methoxy groups -OCH3 is 1. The number of hydrogen-bond acceptors (Lipinski definition) is 6. The van der Waals surface area contributed by atoms with Gasteiger partial charge in [-0.3, -0.25) is 4.79 Å². The first-order chi connectivity index (χ1) is 14.9. The van der Waals surface area contributed by atoms with Crippen molar-refractivity contribution in [2.75, 3.05) is 25.6 Å². The van der Waals surface area contributed by atoms with Crippen molar-refractivity contribution in [2.45, 2.75) is 13.8 Å². The van der Waals surface area contributed by atoms with Crippen molar-refractivity contribution >= 4 is 28.2 Å². The second-order valence-electron chi connectivity index (χ2n) is 6.45. The standard InChI is InChI=1S/C23H22FNO5S/c1-4-29-17-7-5-6-8-18(17)30-13-19(26)25-22-21(23(27)28-3)20(14(2)31-22)15-9-11-16(24)12-10-15/h5-12H,4,13H2,1-3H3,(H,25,26). The molecule has 8 heteroatoms. The number of rotatable bonds is 8. The van der Waals surface area contributed by atoms with Crippen molar-refractivity contribution in [3.8, 4) is 22.6 Å². The van der Waals surface area contributed by atoms with Crippen LogP contribution < -0.4 is 14.8 Å². The molecule has 0 bridgehead atoms. The Morgan fingerprint density at radius 3 is 2.29 bits per heavy atom. The number of thiophene rings is 1. The topological polar surface area (TPSA) is 73.9 Å². The third-order valence-electron chi connectivity index (χ3n) is 4.37. The van der Waals surface area contributed by atoms with Gasteiger partial charge in [-0.1, -0.05) is 24.3 Å². The maximum absolute atomic E-state index is 13.3. The van der Waals surface area contributed by atoms with Gasteiger partial charge in [0.1, 0.15) is 16.4 Å². The van der Waals surface area contributed by atoms with Gasteiger partial charge in [-0.15, -0.1) is 11.3 Å². The third kappa shape index (κ3) is 5.21. The number of halogens is 1. The van der Waals surface area contributed by atoms with Crippen LogP contribution in [0.4, 0.5) is 9.39 Å². The van der Waals surface area contributed by atoms with Gasteiger partial charge >= 0.3 is 5.97 Å². The van der Waals surface area contributed by atoms with E-state index in [0.717, 1.165) is 4.88 Å². The number of hydrogen-bond donors (Lipinski definition) is 1. The zero-order valence-corrected chi connectivity index (χ0v) is 18.2. The van der Waals surface area contributed by atoms with Crippen LogP contribution in [0.5, 0.6) is 11.5 Å². The molecule has 0 atom stereocenters. The molecule has 0 unspecified atom stereocenters. The highest BCUT2D eigenvalue weighted by Crippen LogP contribution is 2.40. The van der Waals surface area contributed by atoms with Crippen LogP contribution in [0.2, 0.25) is 0 Å². The monoisotopic (exact) mass is 443 g/mol. The lowest BCUT2D eigenvalue weighted by molar-refractivity contribution is -0.118. The molecule has 1 aromatic heterocycles. The molecule has 1 amide bonds. The van der Waals surface area contributed by atoms with E-state index >= 15 is 0 Å². The van der Waals surface area contributed by atoms with E-state index in [1.54, 1.807) is 30.3 Å². The molecule has 0 fully saturated rings. The molecular weight excluding hydrogens is 421 g/mol. The molecule has 0 aliphatic carbocycles. The number of esters is 1. The lowest BCUT2D eigenvalue weighted by Gasteiger charge is -2.12. The average Bonchev–Trinajstić information content (AvgIpc) is 3.08. The van der Waals surface area contributed by atoms with E-state index in [0.29, 0.717) is 34.2 Å². The van der Waals surface area contributed by atoms with Gasteiger partial charge in [0.25, 0.3) is 5.91 Å². The summed E-state index contributed by atoms with van der Waals surface area (Å²) in [6.45, 7) is 3.87. The molecule has 0 radical (unpaired) electrons. The predicted octanol–water partition coefficient (Wildman–Crippen LogP) is 5.07. The second kappa shape index (κ2) is 10.1. The van der Waals surface area contributed by atoms with Gasteiger partial charge in [-0.2, -0.15) is 0 Å². The maximum Gasteiger partial charge on any atom is 0.341 e. The van der Waals surface area contributed by atoms with Crippen LogP contribution in [0, 0.1) is 12.7 Å². The van der Waals surface area contributed by atoms with Crippen molar-refractivity contribution in [1.29, 1.82) is 0 Å². The molecule has 0 saturated carbocycles. The fourth-order valence-corrected chi connectivity index (χ4v) is 4.12. The molecule has 3 aromatic rings. The zero-order chi connectivity index (χ0) is 22.4. The number of carbonyl (C=O) groups excluding carboxylic acids is 2. The molecule has 31 heavy (non-hydrogen) atoms. The molecule has 162 valence electrons. The Hall–Kier alpha value is -3.39. The van der Waals surface area contributed by atoms with E-state index in [2.05, 4.69) is 5.32 Å². The smallest absolute Gasteiger partial charge is 0.341 e. The minimum absolute atomic E-state index is 0.222. The number of anilines is 1. The van der Waals surface area contributed by atoms with E-state index in [1.165, 1.54) is 30.6 Å². The largest absolute Gasteiger partial charge is 0.490 e. The number of ether oxygens (including phenoxy) is 3. The van der Waals surface area contributed by atoms with E-state index in [9.17, 15) is 14.0 Å². The summed E-state index contributed by atoms with van der Waals surface area (Å²) in [4.78, 5) is 25.8. The highest BCUT2D eigenvalue weighted by Gasteiger charge is 2.25. The normalized spacial score (nSPS) is 10.5. The van der Waals surface area contributed by atoms with Crippen LogP contribution >= 0.6 is 11.3 Å². The van der Waals surface area contributed by atoms with Gasteiger partial charge in [-0.25, -0.2) is 9.18 Å². The number of nitrogens with one attached hydrogen (secondary N) is 1. The first-order valence-corrected chi connectivity index (χ1v) is 10.4. The van der Waals surface area contributed by atoms with Crippen LogP contribution in [0.3, 0.4) is 0 Å². The van der Waals surface area contributed by atoms with Gasteiger partial charge in [0.2, 0.25) is 0 Å². The summed E-state index contributed by atoms with van der Waals surface area (Å²) in [7, 11) is 1.27. The minimum atomic E-state index is -0.596. The maximum atomic E-state index is 13.3. The number of amides is 1. The van der Waals surface area contributed by atoms with Gasteiger partial charge in [0.05, 0.1) is 13.7 Å². The summed E-state index contributed by atoms with van der Waals surface area (Å²) in [5.41, 5.74) is 1.47. The SMILES string of the molecule is CCOc1ccccc1OCC(=O)Nc1sc(C)c(-c2ccc(F)cc2)c1C(=O)OC. The van der Waals surface area contributed by atoms with Gasteiger partial charge in [0, 0.05) is 10.4 Å². The number of carbonyl (C=O) groups is 2. The van der Waals surface area contributed by atoms with Crippen LogP contribution in [-0.4, -0.2) is 32.2 Å². The average molecular weight is 443 g/mol. The first-order valence-electron chi connectivity index (χ1n) is 9.56. The summed E-state index contributed by atoms with van der Waals surface area (Å²) < 4.78 is 29.3.